The van der Waals surface area contributed by atoms with Crippen molar-refractivity contribution in [2.24, 2.45) is 0 Å². The van der Waals surface area contributed by atoms with Gasteiger partial charge in [-0.2, -0.15) is 5.26 Å². The number of benzene rings is 1. The van der Waals surface area contributed by atoms with Crippen LogP contribution in [0.5, 0.6) is 0 Å². The van der Waals surface area contributed by atoms with Crippen molar-refractivity contribution in [1.82, 2.24) is 9.80 Å². The van der Waals surface area contributed by atoms with E-state index < -0.39 is 11.9 Å². The SMILES string of the molecule is CCOC(=O)c1ccc(NC(=O)/C(C#N)=C\N(C)C2CCN(C)CC2)cc1. The molecule has 2 rings (SSSR count). The molecule has 0 saturated carbocycles. The molecule has 1 saturated heterocycles. The van der Waals surface area contributed by atoms with Gasteiger partial charge in [0, 0.05) is 25.0 Å². The number of nitrogens with one attached hydrogen (secondary N) is 1. The summed E-state index contributed by atoms with van der Waals surface area (Å²) < 4.78 is 4.93. The second kappa shape index (κ2) is 9.74. The Labute approximate surface area is 160 Å². The maximum atomic E-state index is 12.4. The van der Waals surface area contributed by atoms with E-state index >= 15 is 0 Å². The van der Waals surface area contributed by atoms with Crippen LogP contribution < -0.4 is 5.32 Å². The monoisotopic (exact) mass is 370 g/mol. The smallest absolute Gasteiger partial charge is 0.338 e. The highest BCUT2D eigenvalue weighted by molar-refractivity contribution is 6.06. The molecule has 144 valence electrons. The normalized spacial score (nSPS) is 15.7. The van der Waals surface area contributed by atoms with Crippen LogP contribution in [-0.4, -0.2) is 61.5 Å². The Bertz CT molecular complexity index is 729. The summed E-state index contributed by atoms with van der Waals surface area (Å²) in [6.45, 7) is 4.05. The highest BCUT2D eigenvalue weighted by atomic mass is 16.5. The summed E-state index contributed by atoms with van der Waals surface area (Å²) in [6, 6.07) is 8.67. The molecule has 7 nitrogen and oxygen atoms in total. The highest BCUT2D eigenvalue weighted by Crippen LogP contribution is 2.16. The number of rotatable bonds is 6. The number of hydrogen-bond acceptors (Lipinski definition) is 6. The van der Waals surface area contributed by atoms with Crippen LogP contribution in [-0.2, 0) is 9.53 Å². The number of carbonyl (C=O) groups excluding carboxylic acids is 2. The molecule has 7 heteroatoms. The predicted octanol–water partition coefficient (Wildman–Crippen LogP) is 2.24. The minimum atomic E-state index is -0.471. The summed E-state index contributed by atoms with van der Waals surface area (Å²) >= 11 is 0. The minimum absolute atomic E-state index is 0.0471. The van der Waals surface area contributed by atoms with Crippen LogP contribution in [0.4, 0.5) is 5.69 Å². The second-order valence-electron chi connectivity index (χ2n) is 6.61. The predicted molar refractivity (Wildman–Crippen MR) is 103 cm³/mol. The zero-order chi connectivity index (χ0) is 19.8. The van der Waals surface area contributed by atoms with Gasteiger partial charge in [0.15, 0.2) is 0 Å². The van der Waals surface area contributed by atoms with E-state index in [1.165, 1.54) is 0 Å². The van der Waals surface area contributed by atoms with Crippen molar-refractivity contribution < 1.29 is 14.3 Å². The van der Waals surface area contributed by atoms with E-state index in [4.69, 9.17) is 4.74 Å². The average molecular weight is 370 g/mol. The fraction of sp³-hybridized carbons (Fsp3) is 0.450. The molecule has 1 aromatic carbocycles. The number of hydrogen-bond donors (Lipinski definition) is 1. The van der Waals surface area contributed by atoms with Crippen molar-refractivity contribution in [2.75, 3.05) is 39.1 Å². The van der Waals surface area contributed by atoms with Crippen LogP contribution in [0.2, 0.25) is 0 Å². The molecule has 0 radical (unpaired) electrons. The van der Waals surface area contributed by atoms with E-state index in [0.717, 1.165) is 25.9 Å². The third kappa shape index (κ3) is 5.83. The Morgan fingerprint density at radius 1 is 1.33 bits per heavy atom. The van der Waals surface area contributed by atoms with Gasteiger partial charge < -0.3 is 19.9 Å². The lowest BCUT2D eigenvalue weighted by Gasteiger charge is -2.34. The third-order valence-electron chi connectivity index (χ3n) is 4.62. The van der Waals surface area contributed by atoms with E-state index in [9.17, 15) is 14.9 Å². The zero-order valence-electron chi connectivity index (χ0n) is 16.1. The molecule has 1 aliphatic heterocycles. The maximum absolute atomic E-state index is 12.4. The Hall–Kier alpha value is -2.85. The fourth-order valence-corrected chi connectivity index (χ4v) is 2.95. The van der Waals surface area contributed by atoms with Gasteiger partial charge in [-0.3, -0.25) is 4.79 Å². The number of likely N-dealkylation sites (tertiary alicyclic amines) is 1. The lowest BCUT2D eigenvalue weighted by molar-refractivity contribution is -0.112. The van der Waals surface area contributed by atoms with E-state index in [2.05, 4.69) is 17.3 Å². The van der Waals surface area contributed by atoms with Gasteiger partial charge in [0.05, 0.1) is 12.2 Å². The van der Waals surface area contributed by atoms with E-state index in [1.807, 2.05) is 18.0 Å². The van der Waals surface area contributed by atoms with E-state index in [0.29, 0.717) is 23.9 Å². The molecule has 0 aliphatic carbocycles. The summed E-state index contributed by atoms with van der Waals surface area (Å²) in [4.78, 5) is 28.3. The Kier molecular flexibility index (Phi) is 7.38. The highest BCUT2D eigenvalue weighted by Gasteiger charge is 2.20. The minimum Gasteiger partial charge on any atom is -0.462 e. The van der Waals surface area contributed by atoms with Gasteiger partial charge in [0.2, 0.25) is 0 Å². The molecular formula is C20H26N4O3. The van der Waals surface area contributed by atoms with Crippen LogP contribution in [0.3, 0.4) is 0 Å². The van der Waals surface area contributed by atoms with Crippen molar-refractivity contribution in [3.05, 3.63) is 41.6 Å². The molecule has 27 heavy (non-hydrogen) atoms. The summed E-state index contributed by atoms with van der Waals surface area (Å²) in [6.07, 6.45) is 3.61. The molecule has 0 unspecified atom stereocenters. The van der Waals surface area contributed by atoms with Crippen LogP contribution >= 0.6 is 0 Å². The van der Waals surface area contributed by atoms with Gasteiger partial charge >= 0.3 is 5.97 Å². The van der Waals surface area contributed by atoms with Gasteiger partial charge in [-0.1, -0.05) is 0 Å². The Morgan fingerprint density at radius 3 is 2.52 bits per heavy atom. The first-order chi connectivity index (χ1) is 12.9. The van der Waals surface area contributed by atoms with Gasteiger partial charge in [-0.05, 0) is 64.2 Å². The number of nitriles is 1. The van der Waals surface area contributed by atoms with Crippen molar-refractivity contribution >= 4 is 17.6 Å². The van der Waals surface area contributed by atoms with Gasteiger partial charge in [-0.15, -0.1) is 0 Å². The quantitative estimate of drug-likeness (QED) is 0.470. The number of anilines is 1. The molecule has 0 atom stereocenters. The number of carbonyl (C=O) groups is 2. The molecule has 1 aromatic rings. The topological polar surface area (TPSA) is 85.7 Å². The number of amides is 1. The first-order valence-electron chi connectivity index (χ1n) is 9.05. The molecular weight excluding hydrogens is 344 g/mol. The average Bonchev–Trinajstić information content (AvgIpc) is 2.67. The Balaban J connectivity index is 2.00. The van der Waals surface area contributed by atoms with Gasteiger partial charge in [0.25, 0.3) is 5.91 Å². The summed E-state index contributed by atoms with van der Waals surface area (Å²) in [5, 5.41) is 12.1. The standard InChI is InChI=1S/C20H26N4O3/c1-4-27-20(26)15-5-7-17(8-6-15)22-19(25)16(13-21)14-24(3)18-9-11-23(2)12-10-18/h5-8,14,18H,4,9-12H2,1-3H3,(H,22,25)/b16-14-. The fourth-order valence-electron chi connectivity index (χ4n) is 2.95. The van der Waals surface area contributed by atoms with Crippen molar-refractivity contribution in [1.29, 1.82) is 5.26 Å². The molecule has 0 aromatic heterocycles. The number of esters is 1. The van der Waals surface area contributed by atoms with Gasteiger partial charge in [-0.25, -0.2) is 4.79 Å². The van der Waals surface area contributed by atoms with Gasteiger partial charge in [0.1, 0.15) is 11.6 Å². The largest absolute Gasteiger partial charge is 0.462 e. The van der Waals surface area contributed by atoms with Crippen molar-refractivity contribution in [3.8, 4) is 6.07 Å². The molecule has 1 N–H and O–H groups in total. The molecule has 1 aliphatic rings. The summed E-state index contributed by atoms with van der Waals surface area (Å²) in [5.74, 6) is -0.881. The molecule has 0 bridgehead atoms. The van der Waals surface area contributed by atoms with E-state index in [-0.39, 0.29) is 5.57 Å². The molecule has 1 fully saturated rings. The first kappa shape index (κ1) is 20.5. The van der Waals surface area contributed by atoms with Crippen LogP contribution in [0, 0.1) is 11.3 Å². The second-order valence-corrected chi connectivity index (χ2v) is 6.61. The lowest BCUT2D eigenvalue weighted by Crippen LogP contribution is -2.40. The van der Waals surface area contributed by atoms with Crippen LogP contribution in [0.25, 0.3) is 0 Å². The number of nitrogens with zero attached hydrogens (tertiary/aromatic N) is 3. The number of ether oxygens (including phenoxy) is 1. The van der Waals surface area contributed by atoms with E-state index in [1.54, 1.807) is 37.4 Å². The molecule has 1 heterocycles. The summed E-state index contributed by atoms with van der Waals surface area (Å²) in [7, 11) is 3.99. The Morgan fingerprint density at radius 2 is 1.96 bits per heavy atom. The maximum Gasteiger partial charge on any atom is 0.338 e. The van der Waals surface area contributed by atoms with Crippen molar-refractivity contribution in [3.63, 3.8) is 0 Å². The lowest BCUT2D eigenvalue weighted by atomic mass is 10.0. The summed E-state index contributed by atoms with van der Waals surface area (Å²) in [5.41, 5.74) is 0.968. The van der Waals surface area contributed by atoms with Crippen LogP contribution in [0.15, 0.2) is 36.0 Å². The molecule has 1 amide bonds. The molecule has 0 spiro atoms. The van der Waals surface area contributed by atoms with Crippen LogP contribution in [0.1, 0.15) is 30.1 Å². The zero-order valence-corrected chi connectivity index (χ0v) is 16.1. The third-order valence-corrected chi connectivity index (χ3v) is 4.62. The van der Waals surface area contributed by atoms with Crippen molar-refractivity contribution in [2.45, 2.75) is 25.8 Å². The first-order valence-corrected chi connectivity index (χ1v) is 9.05. The number of piperidine rings is 1.